The summed E-state index contributed by atoms with van der Waals surface area (Å²) >= 11 is 0. The van der Waals surface area contributed by atoms with Crippen LogP contribution in [-0.2, 0) is 11.2 Å². The molecule has 1 atom stereocenters. The third kappa shape index (κ3) is 3.83. The molecule has 1 aliphatic rings. The molecule has 1 N–H and O–H groups in total. The summed E-state index contributed by atoms with van der Waals surface area (Å²) in [5, 5.41) is 3.45. The lowest BCUT2D eigenvalue weighted by molar-refractivity contribution is -0.130. The Bertz CT molecular complexity index is 417. The zero-order valence-electron chi connectivity index (χ0n) is 12.7. The number of nitrogens with zero attached hydrogens (tertiary/aromatic N) is 1. The van der Waals surface area contributed by atoms with Gasteiger partial charge in [-0.1, -0.05) is 24.3 Å². The lowest BCUT2D eigenvalue weighted by Gasteiger charge is -2.23. The Labute approximate surface area is 122 Å². The summed E-state index contributed by atoms with van der Waals surface area (Å²) in [5.41, 5.74) is 2.52. The molecule has 3 nitrogen and oxygen atoms in total. The van der Waals surface area contributed by atoms with E-state index in [0.29, 0.717) is 12.3 Å². The number of amides is 1. The molecular formula is C17H26N2O. The Morgan fingerprint density at radius 2 is 1.95 bits per heavy atom. The van der Waals surface area contributed by atoms with Gasteiger partial charge in [-0.3, -0.25) is 4.79 Å². The molecule has 2 rings (SSSR count). The van der Waals surface area contributed by atoms with E-state index < -0.39 is 0 Å². The molecule has 1 heterocycles. The van der Waals surface area contributed by atoms with Gasteiger partial charge in [0.2, 0.25) is 5.91 Å². The molecule has 1 unspecified atom stereocenters. The molecule has 0 saturated carbocycles. The molecule has 0 aromatic heterocycles. The van der Waals surface area contributed by atoms with E-state index in [0.717, 1.165) is 31.7 Å². The average molecular weight is 274 g/mol. The van der Waals surface area contributed by atoms with E-state index >= 15 is 0 Å². The van der Waals surface area contributed by atoms with Crippen LogP contribution in [0.15, 0.2) is 24.3 Å². The van der Waals surface area contributed by atoms with Crippen LogP contribution in [0.5, 0.6) is 0 Å². The standard InChI is InChI=1S/C17H26N2O/c1-3-19(4-2)17(20)12-14-7-9-15(10-8-14)16-6-5-11-18-13-16/h7-10,16,18H,3-6,11-13H2,1-2H3. The summed E-state index contributed by atoms with van der Waals surface area (Å²) in [6.45, 7) is 7.87. The molecule has 0 aliphatic carbocycles. The van der Waals surface area contributed by atoms with Crippen molar-refractivity contribution in [1.82, 2.24) is 10.2 Å². The van der Waals surface area contributed by atoms with E-state index in [2.05, 4.69) is 29.6 Å². The minimum Gasteiger partial charge on any atom is -0.343 e. The number of hydrogen-bond acceptors (Lipinski definition) is 2. The SMILES string of the molecule is CCN(CC)C(=O)Cc1ccc(C2CCCNC2)cc1. The fourth-order valence-electron chi connectivity index (χ4n) is 2.91. The lowest BCUT2D eigenvalue weighted by Crippen LogP contribution is -2.31. The number of likely N-dealkylation sites (N-methyl/N-ethyl adjacent to an activating group) is 1. The zero-order chi connectivity index (χ0) is 14.4. The first kappa shape index (κ1) is 15.0. The van der Waals surface area contributed by atoms with Crippen LogP contribution in [0.3, 0.4) is 0 Å². The third-order valence-corrected chi connectivity index (χ3v) is 4.22. The highest BCUT2D eigenvalue weighted by Gasteiger charge is 2.15. The smallest absolute Gasteiger partial charge is 0.226 e. The monoisotopic (exact) mass is 274 g/mol. The van der Waals surface area contributed by atoms with Crippen LogP contribution in [0.4, 0.5) is 0 Å². The van der Waals surface area contributed by atoms with Crippen LogP contribution in [0.25, 0.3) is 0 Å². The summed E-state index contributed by atoms with van der Waals surface area (Å²) in [5.74, 6) is 0.860. The van der Waals surface area contributed by atoms with E-state index in [4.69, 9.17) is 0 Å². The van der Waals surface area contributed by atoms with Crippen molar-refractivity contribution in [2.45, 2.75) is 39.0 Å². The number of nitrogens with one attached hydrogen (secondary N) is 1. The average Bonchev–Trinajstić information content (AvgIpc) is 2.50. The predicted octanol–water partition coefficient (Wildman–Crippen LogP) is 2.56. The van der Waals surface area contributed by atoms with E-state index in [1.54, 1.807) is 0 Å². The second-order valence-electron chi connectivity index (χ2n) is 5.53. The van der Waals surface area contributed by atoms with Gasteiger partial charge >= 0.3 is 0 Å². The topological polar surface area (TPSA) is 32.3 Å². The van der Waals surface area contributed by atoms with Crippen LogP contribution >= 0.6 is 0 Å². The zero-order valence-corrected chi connectivity index (χ0v) is 12.7. The van der Waals surface area contributed by atoms with Gasteiger partial charge in [-0.25, -0.2) is 0 Å². The summed E-state index contributed by atoms with van der Waals surface area (Å²) in [6, 6.07) is 8.63. The van der Waals surface area contributed by atoms with E-state index in [1.807, 2.05) is 18.7 Å². The Kier molecular flexibility index (Phi) is 5.60. The van der Waals surface area contributed by atoms with Crippen LogP contribution < -0.4 is 5.32 Å². The Morgan fingerprint density at radius 1 is 1.25 bits per heavy atom. The number of hydrogen-bond donors (Lipinski definition) is 1. The minimum absolute atomic E-state index is 0.224. The Balaban J connectivity index is 1.95. The van der Waals surface area contributed by atoms with Crippen LogP contribution in [0.1, 0.15) is 43.7 Å². The summed E-state index contributed by atoms with van der Waals surface area (Å²) in [4.78, 5) is 14.0. The maximum Gasteiger partial charge on any atom is 0.226 e. The molecule has 1 aliphatic heterocycles. The van der Waals surface area contributed by atoms with E-state index in [-0.39, 0.29) is 5.91 Å². The molecule has 1 saturated heterocycles. The number of carbonyl (C=O) groups excluding carboxylic acids is 1. The van der Waals surface area contributed by atoms with Gasteiger partial charge in [0.05, 0.1) is 6.42 Å². The first-order chi connectivity index (χ1) is 9.74. The molecule has 1 amide bonds. The van der Waals surface area contributed by atoms with Crippen molar-refractivity contribution in [3.05, 3.63) is 35.4 Å². The fourth-order valence-corrected chi connectivity index (χ4v) is 2.91. The van der Waals surface area contributed by atoms with Gasteiger partial charge in [0.1, 0.15) is 0 Å². The molecule has 0 spiro atoms. The highest BCUT2D eigenvalue weighted by Crippen LogP contribution is 2.23. The molecule has 110 valence electrons. The predicted molar refractivity (Wildman–Crippen MR) is 82.9 cm³/mol. The maximum absolute atomic E-state index is 12.1. The van der Waals surface area contributed by atoms with Crippen molar-refractivity contribution in [1.29, 1.82) is 0 Å². The van der Waals surface area contributed by atoms with Gasteiger partial charge < -0.3 is 10.2 Å². The van der Waals surface area contributed by atoms with Crippen molar-refractivity contribution in [3.63, 3.8) is 0 Å². The lowest BCUT2D eigenvalue weighted by atomic mass is 9.91. The molecule has 20 heavy (non-hydrogen) atoms. The van der Waals surface area contributed by atoms with Gasteiger partial charge in [-0.05, 0) is 50.3 Å². The molecule has 1 aromatic rings. The van der Waals surface area contributed by atoms with Gasteiger partial charge in [-0.15, -0.1) is 0 Å². The molecule has 1 aromatic carbocycles. The van der Waals surface area contributed by atoms with Crippen LogP contribution in [-0.4, -0.2) is 37.0 Å². The first-order valence-electron chi connectivity index (χ1n) is 7.82. The third-order valence-electron chi connectivity index (χ3n) is 4.22. The van der Waals surface area contributed by atoms with Crippen LogP contribution in [0.2, 0.25) is 0 Å². The number of benzene rings is 1. The number of piperidine rings is 1. The van der Waals surface area contributed by atoms with Crippen molar-refractivity contribution in [2.75, 3.05) is 26.2 Å². The fraction of sp³-hybridized carbons (Fsp3) is 0.588. The van der Waals surface area contributed by atoms with Crippen molar-refractivity contribution in [2.24, 2.45) is 0 Å². The van der Waals surface area contributed by atoms with Gasteiger partial charge in [0, 0.05) is 19.6 Å². The van der Waals surface area contributed by atoms with Crippen molar-refractivity contribution >= 4 is 5.91 Å². The second kappa shape index (κ2) is 7.44. The summed E-state index contributed by atoms with van der Waals surface area (Å²) in [6.07, 6.45) is 3.04. The minimum atomic E-state index is 0.224. The maximum atomic E-state index is 12.1. The van der Waals surface area contributed by atoms with E-state index in [1.165, 1.54) is 18.4 Å². The highest BCUT2D eigenvalue weighted by atomic mass is 16.2. The van der Waals surface area contributed by atoms with Gasteiger partial charge in [0.15, 0.2) is 0 Å². The normalized spacial score (nSPS) is 18.8. The molecule has 3 heteroatoms. The number of carbonyl (C=O) groups is 1. The largest absolute Gasteiger partial charge is 0.343 e. The molecule has 0 radical (unpaired) electrons. The summed E-state index contributed by atoms with van der Waals surface area (Å²) in [7, 11) is 0. The van der Waals surface area contributed by atoms with Gasteiger partial charge in [-0.2, -0.15) is 0 Å². The quantitative estimate of drug-likeness (QED) is 0.895. The van der Waals surface area contributed by atoms with Crippen molar-refractivity contribution in [3.8, 4) is 0 Å². The second-order valence-corrected chi connectivity index (χ2v) is 5.53. The highest BCUT2D eigenvalue weighted by molar-refractivity contribution is 5.78. The molecule has 1 fully saturated rings. The van der Waals surface area contributed by atoms with Crippen molar-refractivity contribution < 1.29 is 4.79 Å². The Hall–Kier alpha value is -1.35. The number of rotatable bonds is 5. The Morgan fingerprint density at radius 3 is 2.50 bits per heavy atom. The van der Waals surface area contributed by atoms with Crippen LogP contribution in [0, 0.1) is 0 Å². The first-order valence-corrected chi connectivity index (χ1v) is 7.82. The van der Waals surface area contributed by atoms with Gasteiger partial charge in [0.25, 0.3) is 0 Å². The molecule has 0 bridgehead atoms. The molecular weight excluding hydrogens is 248 g/mol. The van der Waals surface area contributed by atoms with E-state index in [9.17, 15) is 4.79 Å². The summed E-state index contributed by atoms with van der Waals surface area (Å²) < 4.78 is 0.